The standard InChI is InChI=1S/C14H24N2O3/c17-13-4-3-10-7-16(8-12(10)13)9-14(18)15-6-11-2-1-5-19-11/h10-13,17H,1-9H2,(H,15,18). The number of carbonyl (C=O) groups is 1. The van der Waals surface area contributed by atoms with Gasteiger partial charge in [-0.05, 0) is 31.6 Å². The van der Waals surface area contributed by atoms with Crippen molar-refractivity contribution in [2.75, 3.05) is 32.8 Å². The highest BCUT2D eigenvalue weighted by Gasteiger charge is 2.41. The van der Waals surface area contributed by atoms with E-state index in [0.717, 1.165) is 45.4 Å². The molecule has 2 saturated heterocycles. The SMILES string of the molecule is O=C(CN1CC2CCC(O)C2C1)NCC1CCCO1. The molecular formula is C14H24N2O3. The van der Waals surface area contributed by atoms with Gasteiger partial charge in [0.2, 0.25) is 5.91 Å². The Morgan fingerprint density at radius 3 is 2.95 bits per heavy atom. The Morgan fingerprint density at radius 1 is 1.32 bits per heavy atom. The second kappa shape index (κ2) is 5.77. The van der Waals surface area contributed by atoms with Crippen LogP contribution in [0.2, 0.25) is 0 Å². The van der Waals surface area contributed by atoms with Crippen molar-refractivity contribution in [2.45, 2.75) is 37.9 Å². The van der Waals surface area contributed by atoms with Crippen molar-refractivity contribution < 1.29 is 14.6 Å². The summed E-state index contributed by atoms with van der Waals surface area (Å²) in [6, 6.07) is 0. The Balaban J connectivity index is 1.38. The number of likely N-dealkylation sites (tertiary alicyclic amines) is 1. The van der Waals surface area contributed by atoms with E-state index in [1.54, 1.807) is 0 Å². The quantitative estimate of drug-likeness (QED) is 0.752. The molecule has 5 heteroatoms. The lowest BCUT2D eigenvalue weighted by atomic mass is 10.00. The number of ether oxygens (including phenoxy) is 1. The first-order chi connectivity index (χ1) is 9.22. The molecule has 2 N–H and O–H groups in total. The normalized spacial score (nSPS) is 38.6. The van der Waals surface area contributed by atoms with E-state index in [0.29, 0.717) is 24.9 Å². The fraction of sp³-hybridized carbons (Fsp3) is 0.929. The van der Waals surface area contributed by atoms with Crippen LogP contribution >= 0.6 is 0 Å². The molecule has 3 rings (SSSR count). The number of carbonyl (C=O) groups excluding carboxylic acids is 1. The van der Waals surface area contributed by atoms with Gasteiger partial charge in [0.15, 0.2) is 0 Å². The van der Waals surface area contributed by atoms with Gasteiger partial charge in [0, 0.05) is 32.2 Å². The molecule has 3 fully saturated rings. The maximum Gasteiger partial charge on any atom is 0.234 e. The van der Waals surface area contributed by atoms with Crippen LogP contribution in [-0.4, -0.2) is 60.9 Å². The molecule has 0 bridgehead atoms. The number of amides is 1. The third-order valence-corrected chi connectivity index (χ3v) is 4.81. The first kappa shape index (κ1) is 13.3. The lowest BCUT2D eigenvalue weighted by Gasteiger charge is -2.18. The van der Waals surface area contributed by atoms with Crippen LogP contribution in [0.25, 0.3) is 0 Å². The predicted octanol–water partition coefficient (Wildman–Crippen LogP) is -0.0157. The lowest BCUT2D eigenvalue weighted by Crippen LogP contribution is -2.40. The first-order valence-corrected chi connectivity index (χ1v) is 7.51. The fourth-order valence-corrected chi connectivity index (χ4v) is 3.75. The zero-order chi connectivity index (χ0) is 13.2. The number of hydrogen-bond acceptors (Lipinski definition) is 4. The highest BCUT2D eigenvalue weighted by atomic mass is 16.5. The smallest absolute Gasteiger partial charge is 0.234 e. The van der Waals surface area contributed by atoms with E-state index in [4.69, 9.17) is 4.74 Å². The summed E-state index contributed by atoms with van der Waals surface area (Å²) in [5, 5.41) is 12.8. The molecule has 2 heterocycles. The van der Waals surface area contributed by atoms with Gasteiger partial charge in [0.05, 0.1) is 18.8 Å². The Labute approximate surface area is 114 Å². The van der Waals surface area contributed by atoms with Gasteiger partial charge in [-0.25, -0.2) is 0 Å². The summed E-state index contributed by atoms with van der Waals surface area (Å²) < 4.78 is 5.49. The third kappa shape index (κ3) is 3.09. The van der Waals surface area contributed by atoms with Gasteiger partial charge >= 0.3 is 0 Å². The topological polar surface area (TPSA) is 61.8 Å². The highest BCUT2D eigenvalue weighted by Crippen LogP contribution is 2.37. The molecule has 19 heavy (non-hydrogen) atoms. The number of nitrogens with one attached hydrogen (secondary N) is 1. The van der Waals surface area contributed by atoms with Gasteiger partial charge in [-0.15, -0.1) is 0 Å². The fourth-order valence-electron chi connectivity index (χ4n) is 3.75. The summed E-state index contributed by atoms with van der Waals surface area (Å²) in [5.74, 6) is 1.08. The van der Waals surface area contributed by atoms with Crippen molar-refractivity contribution in [1.29, 1.82) is 0 Å². The maximum atomic E-state index is 11.9. The molecule has 0 radical (unpaired) electrons. The zero-order valence-corrected chi connectivity index (χ0v) is 11.4. The van der Waals surface area contributed by atoms with E-state index in [2.05, 4.69) is 10.2 Å². The van der Waals surface area contributed by atoms with Crippen molar-refractivity contribution >= 4 is 5.91 Å². The van der Waals surface area contributed by atoms with Gasteiger partial charge in [-0.2, -0.15) is 0 Å². The molecular weight excluding hydrogens is 244 g/mol. The van der Waals surface area contributed by atoms with Crippen molar-refractivity contribution in [3.8, 4) is 0 Å². The van der Waals surface area contributed by atoms with E-state index in [1.807, 2.05) is 0 Å². The molecule has 0 aromatic carbocycles. The van der Waals surface area contributed by atoms with Gasteiger partial charge in [-0.1, -0.05) is 0 Å². The molecule has 0 spiro atoms. The average Bonchev–Trinajstić information content (AvgIpc) is 3.07. The highest BCUT2D eigenvalue weighted by molar-refractivity contribution is 5.78. The van der Waals surface area contributed by atoms with Crippen LogP contribution in [0, 0.1) is 11.8 Å². The molecule has 3 aliphatic rings. The number of hydrogen-bond donors (Lipinski definition) is 2. The van der Waals surface area contributed by atoms with E-state index in [1.165, 1.54) is 0 Å². The van der Waals surface area contributed by atoms with Crippen molar-refractivity contribution in [1.82, 2.24) is 10.2 Å². The van der Waals surface area contributed by atoms with Crippen LogP contribution in [-0.2, 0) is 9.53 Å². The zero-order valence-electron chi connectivity index (χ0n) is 11.4. The summed E-state index contributed by atoms with van der Waals surface area (Å²) in [4.78, 5) is 14.1. The molecule has 1 amide bonds. The van der Waals surface area contributed by atoms with Crippen LogP contribution in [0.3, 0.4) is 0 Å². The Hall–Kier alpha value is -0.650. The predicted molar refractivity (Wildman–Crippen MR) is 70.6 cm³/mol. The summed E-state index contributed by atoms with van der Waals surface area (Å²) in [7, 11) is 0. The number of aliphatic hydroxyl groups excluding tert-OH is 1. The van der Waals surface area contributed by atoms with E-state index in [-0.39, 0.29) is 18.1 Å². The summed E-state index contributed by atoms with van der Waals surface area (Å²) >= 11 is 0. The Bertz CT molecular complexity index is 331. The summed E-state index contributed by atoms with van der Waals surface area (Å²) in [6.45, 7) is 3.77. The number of aliphatic hydroxyl groups is 1. The first-order valence-electron chi connectivity index (χ1n) is 7.51. The number of nitrogens with zero attached hydrogens (tertiary/aromatic N) is 1. The van der Waals surface area contributed by atoms with Gasteiger partial charge in [0.1, 0.15) is 0 Å². The van der Waals surface area contributed by atoms with Crippen molar-refractivity contribution in [3.63, 3.8) is 0 Å². The van der Waals surface area contributed by atoms with E-state index in [9.17, 15) is 9.90 Å². The molecule has 4 unspecified atom stereocenters. The van der Waals surface area contributed by atoms with Crippen LogP contribution in [0.5, 0.6) is 0 Å². The molecule has 0 aromatic rings. The molecule has 5 nitrogen and oxygen atoms in total. The largest absolute Gasteiger partial charge is 0.393 e. The average molecular weight is 268 g/mol. The summed E-state index contributed by atoms with van der Waals surface area (Å²) in [5.41, 5.74) is 0. The molecule has 0 aromatic heterocycles. The van der Waals surface area contributed by atoms with Crippen LogP contribution < -0.4 is 5.32 Å². The number of rotatable bonds is 4. The van der Waals surface area contributed by atoms with Crippen LogP contribution in [0.4, 0.5) is 0 Å². The van der Waals surface area contributed by atoms with Gasteiger partial charge in [-0.3, -0.25) is 9.69 Å². The van der Waals surface area contributed by atoms with Gasteiger partial charge < -0.3 is 15.2 Å². The molecule has 1 saturated carbocycles. The van der Waals surface area contributed by atoms with E-state index >= 15 is 0 Å². The summed E-state index contributed by atoms with van der Waals surface area (Å²) in [6.07, 6.45) is 4.27. The Kier molecular flexibility index (Phi) is 4.05. The minimum atomic E-state index is -0.148. The molecule has 2 aliphatic heterocycles. The van der Waals surface area contributed by atoms with Gasteiger partial charge in [0.25, 0.3) is 0 Å². The second-order valence-corrected chi connectivity index (χ2v) is 6.20. The number of fused-ring (bicyclic) bond motifs is 1. The van der Waals surface area contributed by atoms with Crippen LogP contribution in [0.1, 0.15) is 25.7 Å². The van der Waals surface area contributed by atoms with Crippen molar-refractivity contribution in [3.05, 3.63) is 0 Å². The second-order valence-electron chi connectivity index (χ2n) is 6.20. The monoisotopic (exact) mass is 268 g/mol. The lowest BCUT2D eigenvalue weighted by molar-refractivity contribution is -0.122. The van der Waals surface area contributed by atoms with Crippen molar-refractivity contribution in [2.24, 2.45) is 11.8 Å². The van der Waals surface area contributed by atoms with Crippen LogP contribution in [0.15, 0.2) is 0 Å². The molecule has 4 atom stereocenters. The minimum absolute atomic E-state index is 0.0879. The minimum Gasteiger partial charge on any atom is -0.393 e. The maximum absolute atomic E-state index is 11.9. The van der Waals surface area contributed by atoms with E-state index < -0.39 is 0 Å². The third-order valence-electron chi connectivity index (χ3n) is 4.81. The Morgan fingerprint density at radius 2 is 2.21 bits per heavy atom. The molecule has 1 aliphatic carbocycles. The molecule has 108 valence electrons.